The highest BCUT2D eigenvalue weighted by molar-refractivity contribution is 7.90. The van der Waals surface area contributed by atoms with Crippen LogP contribution in [0.5, 0.6) is 5.75 Å². The Labute approximate surface area is 303 Å². The normalized spacial score (nSPS) is 26.4. The maximum Gasteiger partial charge on any atom is 0.264 e. The van der Waals surface area contributed by atoms with Crippen molar-refractivity contribution in [1.82, 2.24) is 4.72 Å². The average Bonchev–Trinajstić information content (AvgIpc) is 3.19. The molecule has 2 heterocycles. The predicted molar refractivity (Wildman–Crippen MR) is 200 cm³/mol. The van der Waals surface area contributed by atoms with Crippen molar-refractivity contribution < 1.29 is 27.8 Å². The number of allylic oxidation sites excluding steroid dienone is 2. The highest BCUT2D eigenvalue weighted by atomic mass is 35.5. The van der Waals surface area contributed by atoms with E-state index in [1.165, 1.54) is 11.1 Å². The fourth-order valence-corrected chi connectivity index (χ4v) is 10.3. The van der Waals surface area contributed by atoms with Crippen LogP contribution in [-0.4, -0.2) is 63.2 Å². The van der Waals surface area contributed by atoms with Gasteiger partial charge in [-0.15, -0.1) is 6.58 Å². The number of fused-ring (bicyclic) bond motifs is 3. The van der Waals surface area contributed by atoms with Gasteiger partial charge >= 0.3 is 0 Å². The van der Waals surface area contributed by atoms with Crippen molar-refractivity contribution in [3.63, 3.8) is 0 Å². The van der Waals surface area contributed by atoms with Gasteiger partial charge in [0.1, 0.15) is 5.75 Å². The van der Waals surface area contributed by atoms with E-state index in [0.717, 1.165) is 62.1 Å². The van der Waals surface area contributed by atoms with Gasteiger partial charge in [0, 0.05) is 35.7 Å². The number of unbranched alkanes of at least 4 members (excludes halogenated alkanes) is 1. The topological polar surface area (TPSA) is 105 Å². The van der Waals surface area contributed by atoms with E-state index in [0.29, 0.717) is 44.9 Å². The lowest BCUT2D eigenvalue weighted by Crippen LogP contribution is -2.49. The van der Waals surface area contributed by atoms with E-state index in [2.05, 4.69) is 41.3 Å². The SMILES string of the molecule is C=CC[C@@H](C)[C@H](C[C@@H]1CCO1)S(=O)(=O)NC(=O)c1ccc2c(c1)N(C[C@@H]1CC[C@H]1[C@@H](O)/C=C/CCC)C[C@@]1(CCCc3cc(Cl)ccc31)CO2. The molecule has 50 heavy (non-hydrogen) atoms. The number of aliphatic hydroxyl groups excluding tert-OH is 1. The number of aryl methyl sites for hydroxylation is 1. The third-order valence-corrected chi connectivity index (χ3v) is 13.7. The standard InChI is InChI=1S/C40H53ClN2O6S/c1-4-6-7-11-36(44)33-15-12-30(33)24-43-25-40(19-8-10-28-21-31(41)14-16-34(28)40)26-49-37-17-13-29(22-35(37)43)39(45)42-50(46,47)38(27(3)9-5-2)23-32-18-20-48-32/h5,7,11,13-14,16-17,21-22,27,30,32-33,36,38,44H,2,4,6,8-10,12,15,18-20,23-26H2,1,3H3,(H,42,45)/b11-7+/t27-,30+,32+,33-,36+,38+,40+/m1/s1. The van der Waals surface area contributed by atoms with Crippen molar-refractivity contribution >= 4 is 33.2 Å². The van der Waals surface area contributed by atoms with Crippen LogP contribution in [-0.2, 0) is 26.6 Å². The Hall–Kier alpha value is -2.85. The summed E-state index contributed by atoms with van der Waals surface area (Å²) in [5.74, 6) is 0.181. The zero-order valence-electron chi connectivity index (χ0n) is 29.5. The molecule has 1 saturated carbocycles. The Balaban J connectivity index is 1.30. The molecule has 8 nitrogen and oxygen atoms in total. The molecule has 2 aliphatic carbocycles. The molecule has 6 rings (SSSR count). The third-order valence-electron chi connectivity index (χ3n) is 11.6. The van der Waals surface area contributed by atoms with Crippen LogP contribution in [0.3, 0.4) is 0 Å². The number of hydrogen-bond donors (Lipinski definition) is 2. The molecule has 0 unspecified atom stereocenters. The molecule has 7 atom stereocenters. The highest BCUT2D eigenvalue weighted by Crippen LogP contribution is 2.46. The number of ether oxygens (including phenoxy) is 2. The fourth-order valence-electron chi connectivity index (χ4n) is 8.43. The minimum absolute atomic E-state index is 0.124. The number of nitrogens with zero attached hydrogens (tertiary/aromatic N) is 1. The number of anilines is 1. The second-order valence-electron chi connectivity index (χ2n) is 15.0. The Morgan fingerprint density at radius 1 is 1.22 bits per heavy atom. The molecule has 1 spiro atoms. The Morgan fingerprint density at radius 3 is 2.74 bits per heavy atom. The quantitative estimate of drug-likeness (QED) is 0.196. The van der Waals surface area contributed by atoms with Crippen LogP contribution >= 0.6 is 11.6 Å². The van der Waals surface area contributed by atoms with Crippen LogP contribution in [0.4, 0.5) is 5.69 Å². The first-order chi connectivity index (χ1) is 24.0. The lowest BCUT2D eigenvalue weighted by molar-refractivity contribution is -0.0563. The molecule has 2 N–H and O–H groups in total. The molecule has 2 aliphatic heterocycles. The zero-order valence-corrected chi connectivity index (χ0v) is 31.1. The van der Waals surface area contributed by atoms with Crippen molar-refractivity contribution in [3.05, 3.63) is 82.9 Å². The van der Waals surface area contributed by atoms with Gasteiger partial charge in [-0.25, -0.2) is 13.1 Å². The summed E-state index contributed by atoms with van der Waals surface area (Å²) in [5.41, 5.74) is 3.23. The minimum Gasteiger partial charge on any atom is -0.490 e. The first kappa shape index (κ1) is 36.9. The highest BCUT2D eigenvalue weighted by Gasteiger charge is 2.44. The van der Waals surface area contributed by atoms with Gasteiger partial charge in [0.05, 0.1) is 29.8 Å². The lowest BCUT2D eigenvalue weighted by Gasteiger charge is -2.45. The predicted octanol–water partition coefficient (Wildman–Crippen LogP) is 7.38. The lowest BCUT2D eigenvalue weighted by atomic mass is 9.68. The molecule has 2 fully saturated rings. The van der Waals surface area contributed by atoms with Gasteiger partial charge in [-0.3, -0.25) is 4.79 Å². The molecule has 4 aliphatic rings. The molecule has 272 valence electrons. The summed E-state index contributed by atoms with van der Waals surface area (Å²) in [6, 6.07) is 11.4. The maximum atomic E-state index is 13.8. The van der Waals surface area contributed by atoms with Crippen molar-refractivity contribution in [2.45, 2.75) is 101 Å². The maximum absolute atomic E-state index is 13.8. The largest absolute Gasteiger partial charge is 0.490 e. The summed E-state index contributed by atoms with van der Waals surface area (Å²) >= 11 is 6.44. The third kappa shape index (κ3) is 7.96. The molecule has 1 amide bonds. The Bertz CT molecular complexity index is 1680. The number of carbonyl (C=O) groups is 1. The van der Waals surface area contributed by atoms with Crippen LogP contribution in [0.1, 0.15) is 93.1 Å². The Morgan fingerprint density at radius 2 is 2.04 bits per heavy atom. The minimum atomic E-state index is -4.02. The number of hydrogen-bond acceptors (Lipinski definition) is 7. The number of amides is 1. The second kappa shape index (κ2) is 15.8. The number of halogens is 1. The van der Waals surface area contributed by atoms with Gasteiger partial charge < -0.3 is 19.5 Å². The van der Waals surface area contributed by atoms with Crippen molar-refractivity contribution in [1.29, 1.82) is 0 Å². The average molecular weight is 725 g/mol. The van der Waals surface area contributed by atoms with Crippen LogP contribution < -0.4 is 14.4 Å². The molecule has 10 heteroatoms. The summed E-state index contributed by atoms with van der Waals surface area (Å²) in [5, 5.41) is 11.0. The van der Waals surface area contributed by atoms with Crippen LogP contribution in [0.15, 0.2) is 61.2 Å². The number of carbonyl (C=O) groups excluding carboxylic acids is 1. The second-order valence-corrected chi connectivity index (χ2v) is 17.4. The fraction of sp³-hybridized carbons (Fsp3) is 0.575. The van der Waals surface area contributed by atoms with Crippen LogP contribution in [0.25, 0.3) is 0 Å². The van der Waals surface area contributed by atoms with Crippen molar-refractivity contribution in [2.75, 3.05) is 31.2 Å². The molecule has 0 radical (unpaired) electrons. The number of rotatable bonds is 14. The van der Waals surface area contributed by atoms with E-state index in [1.54, 1.807) is 24.3 Å². The molecule has 2 aromatic carbocycles. The van der Waals surface area contributed by atoms with E-state index in [4.69, 9.17) is 21.1 Å². The number of aliphatic hydroxyl groups is 1. The smallest absolute Gasteiger partial charge is 0.264 e. The van der Waals surface area contributed by atoms with E-state index in [-0.39, 0.29) is 34.8 Å². The molecule has 0 bridgehead atoms. The summed E-state index contributed by atoms with van der Waals surface area (Å²) in [6.45, 7) is 10.3. The summed E-state index contributed by atoms with van der Waals surface area (Å²) < 4.78 is 42.1. The van der Waals surface area contributed by atoms with Crippen LogP contribution in [0.2, 0.25) is 5.02 Å². The van der Waals surface area contributed by atoms with Gasteiger partial charge in [0.15, 0.2) is 0 Å². The number of benzene rings is 2. The van der Waals surface area contributed by atoms with Gasteiger partial charge in [0.2, 0.25) is 10.0 Å². The molecule has 0 aromatic heterocycles. The molecular weight excluding hydrogens is 672 g/mol. The molecule has 2 aromatic rings. The van der Waals surface area contributed by atoms with Crippen LogP contribution in [0, 0.1) is 17.8 Å². The first-order valence-corrected chi connectivity index (χ1v) is 20.4. The van der Waals surface area contributed by atoms with E-state index in [1.807, 2.05) is 19.1 Å². The zero-order chi connectivity index (χ0) is 35.5. The summed E-state index contributed by atoms with van der Waals surface area (Å²) in [7, 11) is -4.02. The van der Waals surface area contributed by atoms with Crippen molar-refractivity contribution in [2.24, 2.45) is 17.8 Å². The number of nitrogens with one attached hydrogen (secondary N) is 1. The number of sulfonamides is 1. The monoisotopic (exact) mass is 724 g/mol. The van der Waals surface area contributed by atoms with E-state index >= 15 is 0 Å². The van der Waals surface area contributed by atoms with Gasteiger partial charge in [-0.05, 0) is 117 Å². The molecular formula is C40H53ClN2O6S. The summed E-state index contributed by atoms with van der Waals surface area (Å²) in [6.07, 6.45) is 13.7. The Kier molecular flexibility index (Phi) is 11.7. The van der Waals surface area contributed by atoms with E-state index in [9.17, 15) is 18.3 Å². The van der Waals surface area contributed by atoms with Crippen molar-refractivity contribution in [3.8, 4) is 5.75 Å². The van der Waals surface area contributed by atoms with Gasteiger partial charge in [0.25, 0.3) is 5.91 Å². The van der Waals surface area contributed by atoms with Gasteiger partial charge in [-0.2, -0.15) is 0 Å². The first-order valence-electron chi connectivity index (χ1n) is 18.5. The molecule has 1 saturated heterocycles. The summed E-state index contributed by atoms with van der Waals surface area (Å²) in [4.78, 5) is 16.1. The van der Waals surface area contributed by atoms with E-state index < -0.39 is 27.3 Å². The van der Waals surface area contributed by atoms with Gasteiger partial charge in [-0.1, -0.05) is 56.2 Å².